The second-order valence-corrected chi connectivity index (χ2v) is 2.88. The van der Waals surface area contributed by atoms with Crippen LogP contribution >= 0.6 is 0 Å². The summed E-state index contributed by atoms with van der Waals surface area (Å²) in [6.07, 6.45) is 0. The van der Waals surface area contributed by atoms with Gasteiger partial charge < -0.3 is 15.2 Å². The molecule has 76 valence electrons. The van der Waals surface area contributed by atoms with Crippen molar-refractivity contribution < 1.29 is 9.47 Å². The Morgan fingerprint density at radius 1 is 1.43 bits per heavy atom. The van der Waals surface area contributed by atoms with E-state index in [9.17, 15) is 0 Å². The summed E-state index contributed by atoms with van der Waals surface area (Å²) in [6.45, 7) is 0.522. The summed E-state index contributed by atoms with van der Waals surface area (Å²) >= 11 is 0. The summed E-state index contributed by atoms with van der Waals surface area (Å²) in [5.41, 5.74) is 6.99. The summed E-state index contributed by atoms with van der Waals surface area (Å²) in [5, 5.41) is 7.32. The van der Waals surface area contributed by atoms with Crippen molar-refractivity contribution >= 4 is 5.84 Å². The van der Waals surface area contributed by atoms with Gasteiger partial charge in [-0.15, -0.1) is 0 Å². The molecule has 14 heavy (non-hydrogen) atoms. The fourth-order valence-electron chi connectivity index (χ4n) is 1.21. The minimum atomic E-state index is 0.00539. The van der Waals surface area contributed by atoms with Crippen LogP contribution in [0.5, 0.6) is 5.75 Å². The Bertz CT molecular complexity index is 337. The molecule has 0 bridgehead atoms. The first-order chi connectivity index (χ1) is 6.69. The van der Waals surface area contributed by atoms with Gasteiger partial charge >= 0.3 is 0 Å². The molecule has 0 aliphatic carbocycles. The van der Waals surface area contributed by atoms with Crippen molar-refractivity contribution in [2.45, 2.75) is 6.61 Å². The minimum absolute atomic E-state index is 0.00539. The largest absolute Gasteiger partial charge is 0.496 e. The molecule has 1 aromatic rings. The van der Waals surface area contributed by atoms with Gasteiger partial charge in [-0.05, 0) is 17.7 Å². The van der Waals surface area contributed by atoms with Crippen LogP contribution in [0.15, 0.2) is 18.2 Å². The van der Waals surface area contributed by atoms with Crippen LogP contribution < -0.4 is 10.5 Å². The Hall–Kier alpha value is -1.55. The first-order valence-electron chi connectivity index (χ1n) is 4.19. The number of hydrogen-bond donors (Lipinski definition) is 2. The Kier molecular flexibility index (Phi) is 3.48. The lowest BCUT2D eigenvalue weighted by molar-refractivity contribution is 0.184. The molecule has 3 N–H and O–H groups in total. The Labute approximate surface area is 83.1 Å². The second-order valence-electron chi connectivity index (χ2n) is 2.88. The van der Waals surface area contributed by atoms with Crippen LogP contribution in [0.4, 0.5) is 0 Å². The molecule has 0 saturated heterocycles. The highest BCUT2D eigenvalue weighted by Gasteiger charge is 2.06. The van der Waals surface area contributed by atoms with Gasteiger partial charge in [0.25, 0.3) is 0 Å². The second kappa shape index (κ2) is 4.62. The van der Waals surface area contributed by atoms with E-state index in [1.165, 1.54) is 0 Å². The van der Waals surface area contributed by atoms with Crippen molar-refractivity contribution in [1.82, 2.24) is 0 Å². The first-order valence-corrected chi connectivity index (χ1v) is 4.19. The zero-order valence-electron chi connectivity index (χ0n) is 8.33. The zero-order valence-corrected chi connectivity index (χ0v) is 8.33. The topological polar surface area (TPSA) is 68.3 Å². The number of hydrogen-bond acceptors (Lipinski definition) is 3. The van der Waals surface area contributed by atoms with Crippen LogP contribution in [0, 0.1) is 5.41 Å². The summed E-state index contributed by atoms with van der Waals surface area (Å²) in [4.78, 5) is 0. The monoisotopic (exact) mass is 194 g/mol. The predicted octanol–water partition coefficient (Wildman–Crippen LogP) is 1.13. The highest BCUT2D eigenvalue weighted by Crippen LogP contribution is 2.19. The van der Waals surface area contributed by atoms with Crippen LogP contribution in [0.3, 0.4) is 0 Å². The van der Waals surface area contributed by atoms with Gasteiger partial charge in [0.05, 0.1) is 19.3 Å². The lowest BCUT2D eigenvalue weighted by atomic mass is 10.1. The molecule has 0 unspecified atom stereocenters. The van der Waals surface area contributed by atoms with Crippen molar-refractivity contribution in [2.24, 2.45) is 5.73 Å². The van der Waals surface area contributed by atoms with E-state index >= 15 is 0 Å². The van der Waals surface area contributed by atoms with Gasteiger partial charge in [-0.2, -0.15) is 0 Å². The summed E-state index contributed by atoms with van der Waals surface area (Å²) < 4.78 is 10.1. The quantitative estimate of drug-likeness (QED) is 0.557. The van der Waals surface area contributed by atoms with Crippen LogP contribution in [0.2, 0.25) is 0 Å². The molecular formula is C10H14N2O2. The lowest BCUT2D eigenvalue weighted by Gasteiger charge is -2.08. The van der Waals surface area contributed by atoms with E-state index < -0.39 is 0 Å². The number of nitrogen functional groups attached to an aromatic ring is 1. The Morgan fingerprint density at radius 2 is 2.14 bits per heavy atom. The molecule has 0 aliphatic heterocycles. The minimum Gasteiger partial charge on any atom is -0.496 e. The number of rotatable bonds is 4. The number of benzene rings is 1. The van der Waals surface area contributed by atoms with Crippen LogP contribution in [0.25, 0.3) is 0 Å². The molecule has 0 atom stereocenters. The molecule has 1 aromatic carbocycles. The number of methoxy groups -OCH3 is 2. The maximum Gasteiger partial charge on any atom is 0.130 e. The Morgan fingerprint density at radius 3 is 2.64 bits per heavy atom. The average molecular weight is 194 g/mol. The molecule has 0 fully saturated rings. The normalized spacial score (nSPS) is 9.86. The van der Waals surface area contributed by atoms with Gasteiger partial charge in [-0.1, -0.05) is 6.07 Å². The number of amidine groups is 1. The smallest absolute Gasteiger partial charge is 0.130 e. The van der Waals surface area contributed by atoms with Gasteiger partial charge in [0, 0.05) is 7.11 Å². The fourth-order valence-corrected chi connectivity index (χ4v) is 1.21. The molecular weight excluding hydrogens is 180 g/mol. The summed E-state index contributed by atoms with van der Waals surface area (Å²) in [7, 11) is 3.18. The highest BCUT2D eigenvalue weighted by atomic mass is 16.5. The van der Waals surface area contributed by atoms with Crippen molar-refractivity contribution in [3.63, 3.8) is 0 Å². The molecule has 1 rings (SSSR count). The number of nitrogens with two attached hydrogens (primary N) is 1. The zero-order chi connectivity index (χ0) is 10.6. The van der Waals surface area contributed by atoms with Gasteiger partial charge in [-0.3, -0.25) is 5.41 Å². The summed E-state index contributed by atoms with van der Waals surface area (Å²) in [6, 6.07) is 5.44. The van der Waals surface area contributed by atoms with Crippen molar-refractivity contribution in [2.75, 3.05) is 14.2 Å². The SMILES string of the molecule is COCc1ccc(C(=N)N)c(OC)c1. The predicted molar refractivity (Wildman–Crippen MR) is 54.7 cm³/mol. The van der Waals surface area contributed by atoms with E-state index in [1.807, 2.05) is 12.1 Å². The maximum atomic E-state index is 7.32. The molecule has 0 amide bonds. The standard InChI is InChI=1S/C10H14N2O2/c1-13-6-7-3-4-8(10(11)12)9(5-7)14-2/h3-5H,6H2,1-2H3,(H3,11,12). The third kappa shape index (κ3) is 2.23. The van der Waals surface area contributed by atoms with Gasteiger partial charge in [-0.25, -0.2) is 0 Å². The summed E-state index contributed by atoms with van der Waals surface area (Å²) in [5.74, 6) is 0.609. The van der Waals surface area contributed by atoms with Crippen LogP contribution in [0.1, 0.15) is 11.1 Å². The molecule has 0 heterocycles. The van der Waals surface area contributed by atoms with E-state index in [1.54, 1.807) is 20.3 Å². The van der Waals surface area contributed by atoms with E-state index in [4.69, 9.17) is 20.6 Å². The van der Waals surface area contributed by atoms with Crippen molar-refractivity contribution in [3.8, 4) is 5.75 Å². The highest BCUT2D eigenvalue weighted by molar-refractivity contribution is 5.97. The van der Waals surface area contributed by atoms with Gasteiger partial charge in [0.15, 0.2) is 0 Å². The number of nitrogens with one attached hydrogen (secondary N) is 1. The molecule has 0 aromatic heterocycles. The molecule has 0 radical (unpaired) electrons. The van der Waals surface area contributed by atoms with E-state index in [0.29, 0.717) is 17.9 Å². The first kappa shape index (κ1) is 10.5. The Balaban J connectivity index is 3.05. The molecule has 4 nitrogen and oxygen atoms in total. The van der Waals surface area contributed by atoms with Crippen LogP contribution in [-0.2, 0) is 11.3 Å². The van der Waals surface area contributed by atoms with Crippen molar-refractivity contribution in [1.29, 1.82) is 5.41 Å². The van der Waals surface area contributed by atoms with E-state index in [-0.39, 0.29) is 5.84 Å². The van der Waals surface area contributed by atoms with E-state index in [0.717, 1.165) is 5.56 Å². The van der Waals surface area contributed by atoms with Gasteiger partial charge in [0.1, 0.15) is 11.6 Å². The number of ether oxygens (including phenoxy) is 2. The average Bonchev–Trinajstić information content (AvgIpc) is 2.17. The third-order valence-electron chi connectivity index (χ3n) is 1.87. The fraction of sp³-hybridized carbons (Fsp3) is 0.300. The maximum absolute atomic E-state index is 7.32. The molecule has 0 saturated carbocycles. The molecule has 0 spiro atoms. The molecule has 4 heteroatoms. The van der Waals surface area contributed by atoms with E-state index in [2.05, 4.69) is 0 Å². The molecule has 0 aliphatic rings. The van der Waals surface area contributed by atoms with Gasteiger partial charge in [0.2, 0.25) is 0 Å². The third-order valence-corrected chi connectivity index (χ3v) is 1.87. The van der Waals surface area contributed by atoms with Crippen LogP contribution in [-0.4, -0.2) is 20.1 Å². The van der Waals surface area contributed by atoms with Crippen molar-refractivity contribution in [3.05, 3.63) is 29.3 Å². The lowest BCUT2D eigenvalue weighted by Crippen LogP contribution is -2.12.